The van der Waals surface area contributed by atoms with Gasteiger partial charge in [-0.1, -0.05) is 59.6 Å². The molecule has 0 heterocycles. The van der Waals surface area contributed by atoms with E-state index in [-0.39, 0.29) is 24.4 Å². The van der Waals surface area contributed by atoms with Gasteiger partial charge in [0, 0.05) is 40.2 Å². The number of nitrogens with zero attached hydrogens (tertiary/aromatic N) is 2. The largest absolute Gasteiger partial charge is 0.493 e. The van der Waals surface area contributed by atoms with Gasteiger partial charge in [0.15, 0.2) is 11.5 Å². The molecule has 1 atom stereocenters. The summed E-state index contributed by atoms with van der Waals surface area (Å²) >= 11 is 13.0. The van der Waals surface area contributed by atoms with Crippen LogP contribution in [-0.4, -0.2) is 63.7 Å². The molecule has 1 unspecified atom stereocenters. The molecule has 2 amide bonds. The van der Waals surface area contributed by atoms with E-state index in [2.05, 4.69) is 5.32 Å². The zero-order valence-electron chi connectivity index (χ0n) is 25.1. The predicted molar refractivity (Wildman–Crippen MR) is 171 cm³/mol. The van der Waals surface area contributed by atoms with E-state index < -0.39 is 40.0 Å². The van der Waals surface area contributed by atoms with Crippen molar-refractivity contribution in [2.45, 2.75) is 45.3 Å². The minimum atomic E-state index is -3.98. The van der Waals surface area contributed by atoms with Crippen LogP contribution in [0.2, 0.25) is 10.0 Å². The molecule has 9 nitrogen and oxygen atoms in total. The molecule has 0 aliphatic carbocycles. The lowest BCUT2D eigenvalue weighted by atomic mass is 10.0. The van der Waals surface area contributed by atoms with Crippen LogP contribution in [0.15, 0.2) is 66.7 Å². The fourth-order valence-electron chi connectivity index (χ4n) is 4.45. The van der Waals surface area contributed by atoms with Crippen LogP contribution in [0.5, 0.6) is 11.5 Å². The summed E-state index contributed by atoms with van der Waals surface area (Å²) in [6.07, 6.45) is 1.16. The number of amides is 2. The van der Waals surface area contributed by atoms with E-state index in [0.29, 0.717) is 21.4 Å². The zero-order chi connectivity index (χ0) is 31.9. The van der Waals surface area contributed by atoms with E-state index in [9.17, 15) is 18.0 Å². The highest BCUT2D eigenvalue weighted by Crippen LogP contribution is 2.33. The van der Waals surface area contributed by atoms with E-state index in [4.69, 9.17) is 32.7 Å². The summed E-state index contributed by atoms with van der Waals surface area (Å²) < 4.78 is 37.7. The van der Waals surface area contributed by atoms with E-state index in [0.717, 1.165) is 16.1 Å². The Labute approximate surface area is 263 Å². The smallest absolute Gasteiger partial charge is 0.244 e. The number of hydrogen-bond donors (Lipinski definition) is 1. The summed E-state index contributed by atoms with van der Waals surface area (Å²) in [5.74, 6) is -0.374. The summed E-state index contributed by atoms with van der Waals surface area (Å²) in [6.45, 7) is 4.76. The number of anilines is 1. The first kappa shape index (κ1) is 34.0. The van der Waals surface area contributed by atoms with E-state index in [1.807, 2.05) is 51.1 Å². The average molecular weight is 651 g/mol. The number of methoxy groups -OCH3 is 2. The maximum absolute atomic E-state index is 14.3. The van der Waals surface area contributed by atoms with Gasteiger partial charge in [-0.3, -0.25) is 13.9 Å². The van der Waals surface area contributed by atoms with Gasteiger partial charge in [-0.05, 0) is 50.6 Å². The maximum Gasteiger partial charge on any atom is 0.244 e. The van der Waals surface area contributed by atoms with Gasteiger partial charge in [0.05, 0.1) is 26.2 Å². The van der Waals surface area contributed by atoms with Crippen molar-refractivity contribution >= 4 is 50.7 Å². The molecule has 3 aromatic rings. The fraction of sp³-hybridized carbons (Fsp3) is 0.355. The number of rotatable bonds is 12. The summed E-state index contributed by atoms with van der Waals surface area (Å²) in [7, 11) is -1.09. The van der Waals surface area contributed by atoms with Gasteiger partial charge in [-0.25, -0.2) is 8.42 Å². The van der Waals surface area contributed by atoms with Crippen molar-refractivity contribution in [1.29, 1.82) is 0 Å². The Morgan fingerprint density at radius 3 is 2.05 bits per heavy atom. The molecule has 0 aliphatic heterocycles. The van der Waals surface area contributed by atoms with Crippen LogP contribution in [0.4, 0.5) is 5.69 Å². The topological polar surface area (TPSA) is 105 Å². The lowest BCUT2D eigenvalue weighted by Gasteiger charge is -2.35. The molecule has 1 N–H and O–H groups in total. The third-order valence-corrected chi connectivity index (χ3v) is 8.34. The molecule has 232 valence electrons. The van der Waals surface area contributed by atoms with Crippen molar-refractivity contribution in [3.63, 3.8) is 0 Å². The zero-order valence-corrected chi connectivity index (χ0v) is 27.4. The summed E-state index contributed by atoms with van der Waals surface area (Å²) in [6, 6.07) is 17.7. The summed E-state index contributed by atoms with van der Waals surface area (Å²) in [4.78, 5) is 29.5. The Morgan fingerprint density at radius 2 is 1.51 bits per heavy atom. The highest BCUT2D eigenvalue weighted by molar-refractivity contribution is 7.92. The second-order valence-corrected chi connectivity index (χ2v) is 13.7. The molecule has 0 saturated heterocycles. The van der Waals surface area contributed by atoms with Crippen LogP contribution in [0.1, 0.15) is 31.9 Å². The van der Waals surface area contributed by atoms with Crippen molar-refractivity contribution in [3.05, 3.63) is 87.9 Å². The molecule has 0 radical (unpaired) electrons. The molecule has 0 fully saturated rings. The SMILES string of the molecule is COc1ccc(N(CC(=O)N(Cc2c(Cl)cccc2Cl)C(Cc2ccccc2)C(=O)NC(C)(C)C)S(C)(=O)=O)cc1OC. The van der Waals surface area contributed by atoms with Crippen LogP contribution >= 0.6 is 23.2 Å². The van der Waals surface area contributed by atoms with E-state index in [1.54, 1.807) is 24.3 Å². The lowest BCUT2D eigenvalue weighted by Crippen LogP contribution is -2.56. The van der Waals surface area contributed by atoms with Gasteiger partial charge in [0.1, 0.15) is 12.6 Å². The fourth-order valence-corrected chi connectivity index (χ4v) is 5.81. The third-order valence-electron chi connectivity index (χ3n) is 6.49. The average Bonchev–Trinajstić information content (AvgIpc) is 2.93. The summed E-state index contributed by atoms with van der Waals surface area (Å²) in [5.41, 5.74) is 0.807. The van der Waals surface area contributed by atoms with Crippen LogP contribution in [-0.2, 0) is 32.6 Å². The molecule has 3 rings (SSSR count). The molecule has 12 heteroatoms. The minimum Gasteiger partial charge on any atom is -0.493 e. The molecule has 43 heavy (non-hydrogen) atoms. The van der Waals surface area contributed by atoms with Crippen molar-refractivity contribution in [2.75, 3.05) is 31.3 Å². The van der Waals surface area contributed by atoms with Crippen molar-refractivity contribution < 1.29 is 27.5 Å². The predicted octanol–water partition coefficient (Wildman–Crippen LogP) is 5.33. The number of benzene rings is 3. The van der Waals surface area contributed by atoms with Gasteiger partial charge in [-0.2, -0.15) is 0 Å². The van der Waals surface area contributed by atoms with Gasteiger partial charge < -0.3 is 19.7 Å². The first-order valence-corrected chi connectivity index (χ1v) is 16.0. The molecule has 0 aromatic heterocycles. The molecule has 0 bridgehead atoms. The highest BCUT2D eigenvalue weighted by atomic mass is 35.5. The first-order chi connectivity index (χ1) is 20.1. The Kier molecular flexibility index (Phi) is 11.3. The number of hydrogen-bond acceptors (Lipinski definition) is 6. The molecule has 0 aliphatic rings. The van der Waals surface area contributed by atoms with E-state index in [1.165, 1.54) is 31.3 Å². The van der Waals surface area contributed by atoms with Crippen LogP contribution in [0.25, 0.3) is 0 Å². The Hall–Kier alpha value is -3.47. The van der Waals surface area contributed by atoms with Gasteiger partial charge in [0.25, 0.3) is 0 Å². The third kappa shape index (κ3) is 9.26. The lowest BCUT2D eigenvalue weighted by molar-refractivity contribution is -0.140. The van der Waals surface area contributed by atoms with Crippen LogP contribution in [0, 0.1) is 0 Å². The Morgan fingerprint density at radius 1 is 0.907 bits per heavy atom. The second kappa shape index (κ2) is 14.3. The first-order valence-electron chi connectivity index (χ1n) is 13.4. The molecule has 3 aromatic carbocycles. The van der Waals surface area contributed by atoms with Crippen molar-refractivity contribution in [2.24, 2.45) is 0 Å². The van der Waals surface area contributed by atoms with Crippen molar-refractivity contribution in [1.82, 2.24) is 10.2 Å². The number of sulfonamides is 1. The molecular weight excluding hydrogens is 613 g/mol. The molecular formula is C31H37Cl2N3O6S. The van der Waals surface area contributed by atoms with Crippen LogP contribution in [0.3, 0.4) is 0 Å². The molecule has 0 spiro atoms. The minimum absolute atomic E-state index is 0.143. The maximum atomic E-state index is 14.3. The number of nitrogens with one attached hydrogen (secondary N) is 1. The quantitative estimate of drug-likeness (QED) is 0.284. The summed E-state index contributed by atoms with van der Waals surface area (Å²) in [5, 5.41) is 3.58. The van der Waals surface area contributed by atoms with Crippen LogP contribution < -0.4 is 19.1 Å². The Balaban J connectivity index is 2.14. The monoisotopic (exact) mass is 649 g/mol. The second-order valence-electron chi connectivity index (χ2n) is 11.0. The van der Waals surface area contributed by atoms with Crippen molar-refractivity contribution in [3.8, 4) is 11.5 Å². The standard InChI is InChI=1S/C31H37Cl2N3O6S/c1-31(2,3)34-30(38)26(17-21-11-8-7-9-12-21)35(19-23-24(32)13-10-14-25(23)33)29(37)20-36(43(6,39)40)22-15-16-27(41-4)28(18-22)42-5/h7-16,18,26H,17,19-20H2,1-6H3,(H,34,38). The number of halogens is 2. The highest BCUT2D eigenvalue weighted by Gasteiger charge is 2.35. The van der Waals surface area contributed by atoms with Gasteiger partial charge in [-0.15, -0.1) is 0 Å². The Bertz CT molecular complexity index is 1520. The number of carbonyl (C=O) groups excluding carboxylic acids is 2. The number of ether oxygens (including phenoxy) is 2. The number of carbonyl (C=O) groups is 2. The normalized spacial score (nSPS) is 12.3. The molecule has 0 saturated carbocycles. The van der Waals surface area contributed by atoms with Gasteiger partial charge in [0.2, 0.25) is 21.8 Å². The van der Waals surface area contributed by atoms with E-state index >= 15 is 0 Å². The van der Waals surface area contributed by atoms with Gasteiger partial charge >= 0.3 is 0 Å².